The third-order valence-electron chi connectivity index (χ3n) is 2.92. The number of pyridine rings is 1. The normalized spacial score (nSPS) is 19.0. The number of nitrogens with one attached hydrogen (secondary N) is 2. The Morgan fingerprint density at radius 3 is 3.29 bits per heavy atom. The molecule has 1 saturated heterocycles. The van der Waals surface area contributed by atoms with E-state index < -0.39 is 0 Å². The number of nitrogens with zero attached hydrogens (tertiary/aromatic N) is 1. The first-order valence-electron chi connectivity index (χ1n) is 5.79. The number of aromatic nitrogens is 1. The number of methoxy groups -OCH3 is 1. The van der Waals surface area contributed by atoms with Crippen LogP contribution in [0, 0.1) is 5.92 Å². The number of hydrogen-bond acceptors (Lipinski definition) is 4. The fraction of sp³-hybridized carbons (Fsp3) is 0.500. The summed E-state index contributed by atoms with van der Waals surface area (Å²) >= 11 is 0. The Balaban J connectivity index is 1.94. The van der Waals surface area contributed by atoms with Crippen LogP contribution in [0.4, 0.5) is 0 Å². The molecule has 0 saturated carbocycles. The first kappa shape index (κ1) is 11.9. The molecule has 0 bridgehead atoms. The lowest BCUT2D eigenvalue weighted by atomic mass is 10.1. The molecule has 1 aromatic heterocycles. The fourth-order valence-electron chi connectivity index (χ4n) is 1.95. The van der Waals surface area contributed by atoms with E-state index in [1.807, 2.05) is 0 Å². The van der Waals surface area contributed by atoms with Gasteiger partial charge in [0, 0.05) is 12.7 Å². The predicted octanol–water partition coefficient (Wildman–Crippen LogP) is 0.429. The Morgan fingerprint density at radius 1 is 1.71 bits per heavy atom. The van der Waals surface area contributed by atoms with Crippen LogP contribution in [0.1, 0.15) is 16.8 Å². The monoisotopic (exact) mass is 235 g/mol. The van der Waals surface area contributed by atoms with Crippen LogP contribution in [0.5, 0.6) is 5.88 Å². The van der Waals surface area contributed by atoms with Crippen LogP contribution in [0.25, 0.3) is 0 Å². The molecule has 1 aliphatic heterocycles. The summed E-state index contributed by atoms with van der Waals surface area (Å²) in [6, 6.07) is 3.45. The van der Waals surface area contributed by atoms with Gasteiger partial charge in [-0.2, -0.15) is 0 Å². The zero-order chi connectivity index (χ0) is 12.1. The van der Waals surface area contributed by atoms with E-state index in [0.29, 0.717) is 23.9 Å². The fourth-order valence-corrected chi connectivity index (χ4v) is 1.95. The Bertz CT molecular complexity index is 389. The maximum atomic E-state index is 11.9. The smallest absolute Gasteiger partial charge is 0.256 e. The molecule has 2 rings (SSSR count). The Kier molecular flexibility index (Phi) is 3.93. The summed E-state index contributed by atoms with van der Waals surface area (Å²) in [4.78, 5) is 15.9. The number of carbonyl (C=O) groups excluding carboxylic acids is 1. The Morgan fingerprint density at radius 2 is 2.59 bits per heavy atom. The molecule has 5 nitrogen and oxygen atoms in total. The molecule has 1 amide bonds. The predicted molar refractivity (Wildman–Crippen MR) is 64.1 cm³/mol. The van der Waals surface area contributed by atoms with Gasteiger partial charge in [-0.1, -0.05) is 0 Å². The van der Waals surface area contributed by atoms with Gasteiger partial charge < -0.3 is 15.4 Å². The number of hydrogen-bond donors (Lipinski definition) is 2. The molecule has 0 aliphatic carbocycles. The highest BCUT2D eigenvalue weighted by molar-refractivity contribution is 5.96. The van der Waals surface area contributed by atoms with Crippen LogP contribution >= 0.6 is 0 Å². The topological polar surface area (TPSA) is 63.2 Å². The third kappa shape index (κ3) is 2.94. The molecule has 1 aromatic rings. The van der Waals surface area contributed by atoms with Gasteiger partial charge in [0.15, 0.2) is 0 Å². The largest absolute Gasteiger partial charge is 0.480 e. The van der Waals surface area contributed by atoms with E-state index in [0.717, 1.165) is 19.5 Å². The summed E-state index contributed by atoms with van der Waals surface area (Å²) in [5.74, 6) is 0.776. The SMILES string of the molecule is COc1ncccc1C(=O)NCC1CCNC1. The molecule has 1 unspecified atom stereocenters. The van der Waals surface area contributed by atoms with Crippen molar-refractivity contribution in [2.75, 3.05) is 26.7 Å². The van der Waals surface area contributed by atoms with Gasteiger partial charge in [0.05, 0.1) is 7.11 Å². The summed E-state index contributed by atoms with van der Waals surface area (Å²) in [5, 5.41) is 6.19. The van der Waals surface area contributed by atoms with Crippen molar-refractivity contribution >= 4 is 5.91 Å². The minimum atomic E-state index is -0.123. The van der Waals surface area contributed by atoms with Gasteiger partial charge in [-0.05, 0) is 37.6 Å². The Labute approximate surface area is 101 Å². The molecule has 0 spiro atoms. The second-order valence-electron chi connectivity index (χ2n) is 4.13. The maximum absolute atomic E-state index is 11.9. The van der Waals surface area contributed by atoms with Gasteiger partial charge in [0.2, 0.25) is 5.88 Å². The third-order valence-corrected chi connectivity index (χ3v) is 2.92. The first-order valence-corrected chi connectivity index (χ1v) is 5.79. The molecular weight excluding hydrogens is 218 g/mol. The average Bonchev–Trinajstić information content (AvgIpc) is 2.89. The van der Waals surface area contributed by atoms with Crippen molar-refractivity contribution in [1.82, 2.24) is 15.6 Å². The van der Waals surface area contributed by atoms with Crippen LogP contribution in [-0.2, 0) is 0 Å². The van der Waals surface area contributed by atoms with E-state index in [-0.39, 0.29) is 5.91 Å². The summed E-state index contributed by atoms with van der Waals surface area (Å²) < 4.78 is 5.05. The van der Waals surface area contributed by atoms with E-state index in [9.17, 15) is 4.79 Å². The molecule has 2 heterocycles. The van der Waals surface area contributed by atoms with Crippen molar-refractivity contribution in [3.05, 3.63) is 23.9 Å². The number of carbonyl (C=O) groups is 1. The van der Waals surface area contributed by atoms with Crippen molar-refractivity contribution in [2.45, 2.75) is 6.42 Å². The highest BCUT2D eigenvalue weighted by Crippen LogP contribution is 2.13. The van der Waals surface area contributed by atoms with E-state index in [4.69, 9.17) is 4.74 Å². The molecule has 17 heavy (non-hydrogen) atoms. The molecule has 1 atom stereocenters. The quantitative estimate of drug-likeness (QED) is 0.794. The lowest BCUT2D eigenvalue weighted by molar-refractivity contribution is 0.0944. The van der Waals surface area contributed by atoms with Crippen LogP contribution in [0.3, 0.4) is 0 Å². The Hall–Kier alpha value is -1.62. The minimum Gasteiger partial charge on any atom is -0.480 e. The van der Waals surface area contributed by atoms with Crippen molar-refractivity contribution < 1.29 is 9.53 Å². The molecule has 92 valence electrons. The van der Waals surface area contributed by atoms with E-state index in [1.165, 1.54) is 7.11 Å². The molecule has 1 fully saturated rings. The van der Waals surface area contributed by atoms with Gasteiger partial charge in [0.25, 0.3) is 5.91 Å². The molecule has 1 aliphatic rings. The van der Waals surface area contributed by atoms with Gasteiger partial charge in [-0.25, -0.2) is 4.98 Å². The van der Waals surface area contributed by atoms with Crippen LogP contribution in [-0.4, -0.2) is 37.6 Å². The van der Waals surface area contributed by atoms with Crippen LogP contribution in [0.15, 0.2) is 18.3 Å². The molecule has 0 radical (unpaired) electrons. The van der Waals surface area contributed by atoms with Crippen molar-refractivity contribution in [1.29, 1.82) is 0 Å². The highest BCUT2D eigenvalue weighted by Gasteiger charge is 2.17. The first-order chi connectivity index (χ1) is 8.31. The average molecular weight is 235 g/mol. The van der Waals surface area contributed by atoms with Gasteiger partial charge in [-0.3, -0.25) is 4.79 Å². The molecular formula is C12H17N3O2. The van der Waals surface area contributed by atoms with Gasteiger partial charge in [-0.15, -0.1) is 0 Å². The van der Waals surface area contributed by atoms with Crippen LogP contribution < -0.4 is 15.4 Å². The number of rotatable bonds is 4. The van der Waals surface area contributed by atoms with Crippen molar-refractivity contribution in [3.63, 3.8) is 0 Å². The standard InChI is InChI=1S/C12H17N3O2/c1-17-12-10(3-2-5-14-12)11(16)15-8-9-4-6-13-7-9/h2-3,5,9,13H,4,6-8H2,1H3,(H,15,16). The highest BCUT2D eigenvalue weighted by atomic mass is 16.5. The summed E-state index contributed by atoms with van der Waals surface area (Å²) in [5.41, 5.74) is 0.487. The lowest BCUT2D eigenvalue weighted by Gasteiger charge is -2.11. The zero-order valence-electron chi connectivity index (χ0n) is 9.90. The maximum Gasteiger partial charge on any atom is 0.256 e. The molecule has 5 heteroatoms. The summed E-state index contributed by atoms with van der Waals surface area (Å²) in [6.07, 6.45) is 2.72. The molecule has 0 aromatic carbocycles. The second kappa shape index (κ2) is 5.63. The van der Waals surface area contributed by atoms with Crippen molar-refractivity contribution in [3.8, 4) is 5.88 Å². The summed E-state index contributed by atoms with van der Waals surface area (Å²) in [6.45, 7) is 2.71. The van der Waals surface area contributed by atoms with Gasteiger partial charge in [0.1, 0.15) is 5.56 Å². The van der Waals surface area contributed by atoms with Crippen LogP contribution in [0.2, 0.25) is 0 Å². The second-order valence-corrected chi connectivity index (χ2v) is 4.13. The number of ether oxygens (including phenoxy) is 1. The lowest BCUT2D eigenvalue weighted by Crippen LogP contribution is -2.30. The molecule has 2 N–H and O–H groups in total. The summed E-state index contributed by atoms with van der Waals surface area (Å²) in [7, 11) is 1.51. The van der Waals surface area contributed by atoms with E-state index in [2.05, 4.69) is 15.6 Å². The van der Waals surface area contributed by atoms with E-state index in [1.54, 1.807) is 18.3 Å². The van der Waals surface area contributed by atoms with E-state index >= 15 is 0 Å². The van der Waals surface area contributed by atoms with Gasteiger partial charge >= 0.3 is 0 Å². The number of amides is 1. The van der Waals surface area contributed by atoms with Crippen molar-refractivity contribution in [2.24, 2.45) is 5.92 Å². The minimum absolute atomic E-state index is 0.123. The zero-order valence-corrected chi connectivity index (χ0v) is 9.90.